The number of halogens is 3. The zero-order chi connectivity index (χ0) is 22.7. The normalized spacial score (nSPS) is 16.2. The molecule has 31 heavy (non-hydrogen) atoms. The number of rotatable bonds is 7. The van der Waals surface area contributed by atoms with Crippen molar-refractivity contribution in [2.45, 2.75) is 32.9 Å². The van der Waals surface area contributed by atoms with Gasteiger partial charge in [-0.25, -0.2) is 4.39 Å². The first-order valence-electron chi connectivity index (χ1n) is 9.47. The Morgan fingerprint density at radius 2 is 1.97 bits per heavy atom. The molecular weight excluding hydrogens is 464 g/mol. The molecule has 0 radical (unpaired) electrons. The van der Waals surface area contributed by atoms with Gasteiger partial charge < -0.3 is 9.47 Å². The summed E-state index contributed by atoms with van der Waals surface area (Å²) in [5, 5.41) is -0.0370. The van der Waals surface area contributed by atoms with Crippen LogP contribution in [0, 0.1) is 5.82 Å². The SMILES string of the molecule is CC[C@H](C)Oc1c(Cl)cc(/C=C2\SC(=O)N(Cc3c(F)cccc3Cl)C2=O)cc1OC. The van der Waals surface area contributed by atoms with Crippen LogP contribution < -0.4 is 9.47 Å². The minimum absolute atomic E-state index is 0.0565. The number of carbonyl (C=O) groups excluding carboxylic acids is 2. The van der Waals surface area contributed by atoms with Crippen LogP contribution in [0.3, 0.4) is 0 Å². The zero-order valence-electron chi connectivity index (χ0n) is 17.1. The molecule has 0 spiro atoms. The summed E-state index contributed by atoms with van der Waals surface area (Å²) in [6.45, 7) is 3.66. The van der Waals surface area contributed by atoms with Crippen LogP contribution in [0.1, 0.15) is 31.4 Å². The molecule has 0 bridgehead atoms. The highest BCUT2D eigenvalue weighted by molar-refractivity contribution is 8.18. The lowest BCUT2D eigenvalue weighted by Crippen LogP contribution is -2.28. The number of hydrogen-bond donors (Lipinski definition) is 0. The maximum absolute atomic E-state index is 14.1. The van der Waals surface area contributed by atoms with Gasteiger partial charge in [-0.2, -0.15) is 0 Å². The predicted molar refractivity (Wildman–Crippen MR) is 121 cm³/mol. The summed E-state index contributed by atoms with van der Waals surface area (Å²) in [5.41, 5.74) is 0.650. The first-order valence-corrected chi connectivity index (χ1v) is 11.0. The maximum Gasteiger partial charge on any atom is 0.293 e. The lowest BCUT2D eigenvalue weighted by Gasteiger charge is -2.17. The van der Waals surface area contributed by atoms with Gasteiger partial charge in [0, 0.05) is 10.6 Å². The van der Waals surface area contributed by atoms with E-state index < -0.39 is 17.0 Å². The van der Waals surface area contributed by atoms with Crippen molar-refractivity contribution in [3.05, 3.63) is 62.2 Å². The Kier molecular flexibility index (Phi) is 7.51. The number of methoxy groups -OCH3 is 1. The highest BCUT2D eigenvalue weighted by atomic mass is 35.5. The molecule has 0 aromatic heterocycles. The Balaban J connectivity index is 1.88. The number of thioether (sulfide) groups is 1. The molecule has 2 aromatic rings. The molecule has 1 saturated heterocycles. The third-order valence-electron chi connectivity index (χ3n) is 4.69. The molecule has 164 valence electrons. The van der Waals surface area contributed by atoms with Crippen LogP contribution >= 0.6 is 35.0 Å². The van der Waals surface area contributed by atoms with Gasteiger partial charge in [-0.05, 0) is 61.0 Å². The monoisotopic (exact) mass is 483 g/mol. The Morgan fingerprint density at radius 1 is 1.23 bits per heavy atom. The Labute approximate surface area is 194 Å². The molecule has 0 aliphatic carbocycles. The summed E-state index contributed by atoms with van der Waals surface area (Å²) in [6.07, 6.45) is 2.27. The molecule has 1 atom stereocenters. The molecule has 2 aromatic carbocycles. The van der Waals surface area contributed by atoms with Crippen LogP contribution in [-0.2, 0) is 11.3 Å². The first-order chi connectivity index (χ1) is 14.7. The van der Waals surface area contributed by atoms with Crippen molar-refractivity contribution in [3.8, 4) is 11.5 Å². The minimum Gasteiger partial charge on any atom is -0.493 e. The first kappa shape index (κ1) is 23.4. The van der Waals surface area contributed by atoms with Crippen molar-refractivity contribution < 1.29 is 23.5 Å². The van der Waals surface area contributed by atoms with Crippen molar-refractivity contribution in [2.24, 2.45) is 0 Å². The maximum atomic E-state index is 14.1. The Morgan fingerprint density at radius 3 is 2.61 bits per heavy atom. The fourth-order valence-electron chi connectivity index (χ4n) is 2.85. The van der Waals surface area contributed by atoms with E-state index in [4.69, 9.17) is 32.7 Å². The number of benzene rings is 2. The summed E-state index contributed by atoms with van der Waals surface area (Å²) in [5.74, 6) is -0.289. The van der Waals surface area contributed by atoms with Crippen molar-refractivity contribution in [1.29, 1.82) is 0 Å². The predicted octanol–water partition coefficient (Wildman–Crippen LogP) is 6.55. The standard InChI is InChI=1S/C22H20Cl2FNO4S/c1-4-12(2)30-20-16(24)8-13(9-18(20)29-3)10-19-21(27)26(22(28)31-19)11-14-15(23)6-5-7-17(14)25/h5-10,12H,4,11H2,1-3H3/b19-10-/t12-/m0/s1. The zero-order valence-corrected chi connectivity index (χ0v) is 19.4. The van der Waals surface area contributed by atoms with Crippen LogP contribution in [-0.4, -0.2) is 29.3 Å². The molecule has 1 aliphatic heterocycles. The summed E-state index contributed by atoms with van der Waals surface area (Å²) >= 11 is 13.2. The lowest BCUT2D eigenvalue weighted by molar-refractivity contribution is -0.123. The quantitative estimate of drug-likeness (QED) is 0.417. The molecule has 1 aliphatic rings. The van der Waals surface area contributed by atoms with E-state index in [0.29, 0.717) is 22.1 Å². The third kappa shape index (κ3) is 5.17. The van der Waals surface area contributed by atoms with E-state index in [-0.39, 0.29) is 28.1 Å². The summed E-state index contributed by atoms with van der Waals surface area (Å²) in [4.78, 5) is 26.3. The van der Waals surface area contributed by atoms with Gasteiger partial charge in [0.15, 0.2) is 11.5 Å². The highest BCUT2D eigenvalue weighted by Crippen LogP contribution is 2.40. The average Bonchev–Trinajstić information content (AvgIpc) is 2.99. The van der Waals surface area contributed by atoms with Gasteiger partial charge in [-0.15, -0.1) is 0 Å². The topological polar surface area (TPSA) is 55.8 Å². The fourth-order valence-corrected chi connectivity index (χ4v) is 4.18. The number of ether oxygens (including phenoxy) is 2. The molecule has 0 N–H and O–H groups in total. The van der Waals surface area contributed by atoms with Gasteiger partial charge in [0.25, 0.3) is 11.1 Å². The molecule has 0 unspecified atom stereocenters. The van der Waals surface area contributed by atoms with Gasteiger partial charge in [-0.1, -0.05) is 36.2 Å². The van der Waals surface area contributed by atoms with E-state index in [2.05, 4.69) is 0 Å². The molecule has 0 saturated carbocycles. The molecule has 1 heterocycles. The average molecular weight is 484 g/mol. The summed E-state index contributed by atoms with van der Waals surface area (Å²) < 4.78 is 25.3. The van der Waals surface area contributed by atoms with Crippen molar-refractivity contribution in [1.82, 2.24) is 4.90 Å². The summed E-state index contributed by atoms with van der Waals surface area (Å²) in [7, 11) is 1.49. The van der Waals surface area contributed by atoms with Crippen molar-refractivity contribution in [2.75, 3.05) is 7.11 Å². The second-order valence-electron chi connectivity index (χ2n) is 6.84. The molecule has 3 rings (SSSR count). The third-order valence-corrected chi connectivity index (χ3v) is 6.24. The number of amides is 2. The van der Waals surface area contributed by atoms with E-state index in [1.54, 1.807) is 12.1 Å². The van der Waals surface area contributed by atoms with Gasteiger partial charge in [0.05, 0.1) is 29.7 Å². The van der Waals surface area contributed by atoms with Crippen LogP contribution in [0.4, 0.5) is 9.18 Å². The largest absolute Gasteiger partial charge is 0.493 e. The van der Waals surface area contributed by atoms with E-state index in [1.165, 1.54) is 31.4 Å². The van der Waals surface area contributed by atoms with E-state index in [1.807, 2.05) is 13.8 Å². The molecular formula is C22H20Cl2FNO4S. The second-order valence-corrected chi connectivity index (χ2v) is 8.65. The fraction of sp³-hybridized carbons (Fsp3) is 0.273. The number of carbonyl (C=O) groups is 2. The molecule has 1 fully saturated rings. The number of nitrogens with zero attached hydrogens (tertiary/aromatic N) is 1. The number of hydrogen-bond acceptors (Lipinski definition) is 5. The Hall–Kier alpha value is -2.22. The van der Waals surface area contributed by atoms with Crippen molar-refractivity contribution in [3.63, 3.8) is 0 Å². The van der Waals surface area contributed by atoms with Crippen LogP contribution in [0.2, 0.25) is 10.0 Å². The minimum atomic E-state index is -0.580. The van der Waals surface area contributed by atoms with Gasteiger partial charge in [0.1, 0.15) is 5.82 Å². The van der Waals surface area contributed by atoms with Gasteiger partial charge >= 0.3 is 0 Å². The van der Waals surface area contributed by atoms with Crippen LogP contribution in [0.25, 0.3) is 6.08 Å². The van der Waals surface area contributed by atoms with Crippen LogP contribution in [0.5, 0.6) is 11.5 Å². The second kappa shape index (κ2) is 9.94. The van der Waals surface area contributed by atoms with Gasteiger partial charge in [0.2, 0.25) is 0 Å². The van der Waals surface area contributed by atoms with Crippen molar-refractivity contribution >= 4 is 52.2 Å². The lowest BCUT2D eigenvalue weighted by atomic mass is 10.1. The number of imide groups is 1. The van der Waals surface area contributed by atoms with E-state index >= 15 is 0 Å². The molecule has 9 heteroatoms. The van der Waals surface area contributed by atoms with E-state index in [9.17, 15) is 14.0 Å². The van der Waals surface area contributed by atoms with Crippen LogP contribution in [0.15, 0.2) is 35.2 Å². The Bertz CT molecular complexity index is 1040. The molecule has 5 nitrogen and oxygen atoms in total. The summed E-state index contributed by atoms with van der Waals surface area (Å²) in [6, 6.07) is 7.50. The van der Waals surface area contributed by atoms with Gasteiger partial charge in [-0.3, -0.25) is 14.5 Å². The smallest absolute Gasteiger partial charge is 0.293 e. The highest BCUT2D eigenvalue weighted by Gasteiger charge is 2.36. The van der Waals surface area contributed by atoms with E-state index in [0.717, 1.165) is 23.1 Å². The molecule has 2 amide bonds.